The normalized spacial score (nSPS) is 19.9. The minimum absolute atomic E-state index is 0.121. The molecule has 138 valence electrons. The van der Waals surface area contributed by atoms with Crippen molar-refractivity contribution in [2.75, 3.05) is 6.61 Å². The largest absolute Gasteiger partial charge is 0.507 e. The van der Waals surface area contributed by atoms with E-state index in [1.54, 1.807) is 24.3 Å². The molecule has 6 heteroatoms. The van der Waals surface area contributed by atoms with E-state index in [1.807, 2.05) is 0 Å². The molecular formula is C20H23NO5. The van der Waals surface area contributed by atoms with Crippen LogP contribution in [-0.2, 0) is 9.53 Å². The third kappa shape index (κ3) is 3.90. The van der Waals surface area contributed by atoms with Crippen molar-refractivity contribution in [2.45, 2.75) is 38.6 Å². The van der Waals surface area contributed by atoms with E-state index in [9.17, 15) is 19.8 Å². The van der Waals surface area contributed by atoms with Crippen molar-refractivity contribution < 1.29 is 24.5 Å². The minimum atomic E-state index is -0.851. The molecule has 1 saturated carbocycles. The number of carbonyl (C=O) groups is 2. The molecule has 26 heavy (non-hydrogen) atoms. The van der Waals surface area contributed by atoms with Gasteiger partial charge in [-0.2, -0.15) is 0 Å². The topological polar surface area (TPSA) is 95.9 Å². The Hall–Kier alpha value is -2.76. The lowest BCUT2D eigenvalue weighted by Gasteiger charge is -2.26. The predicted molar refractivity (Wildman–Crippen MR) is 97.1 cm³/mol. The maximum atomic E-state index is 12.2. The fraction of sp³-hybridized carbons (Fsp3) is 0.400. The number of nitrogens with one attached hydrogen (secondary N) is 1. The molecule has 0 aliphatic heterocycles. The molecule has 2 aromatic carbocycles. The lowest BCUT2D eigenvalue weighted by molar-refractivity contribution is -0.125. The number of rotatable bonds is 4. The Morgan fingerprint density at radius 3 is 2.46 bits per heavy atom. The molecule has 1 amide bonds. The van der Waals surface area contributed by atoms with Crippen LogP contribution in [0.2, 0.25) is 0 Å². The predicted octanol–water partition coefficient (Wildman–Crippen LogP) is 3.10. The number of fused-ring (bicyclic) bond motifs is 1. The Balaban J connectivity index is 1.62. The Morgan fingerprint density at radius 2 is 1.77 bits per heavy atom. The number of aromatic hydroxyl groups is 2. The summed E-state index contributed by atoms with van der Waals surface area (Å²) in [6.07, 6.45) is 4.02. The molecule has 0 radical (unpaired) electrons. The number of phenolic OH excluding ortho intramolecular Hbond substituents is 2. The molecule has 6 nitrogen and oxygen atoms in total. The molecule has 0 saturated heterocycles. The number of benzene rings is 2. The smallest absolute Gasteiger partial charge is 0.342 e. The van der Waals surface area contributed by atoms with Gasteiger partial charge >= 0.3 is 5.97 Å². The van der Waals surface area contributed by atoms with Crippen LogP contribution in [0.15, 0.2) is 30.3 Å². The number of ether oxygens (including phenoxy) is 1. The van der Waals surface area contributed by atoms with Gasteiger partial charge in [0.05, 0.1) is 0 Å². The van der Waals surface area contributed by atoms with Crippen LogP contribution in [0.4, 0.5) is 0 Å². The van der Waals surface area contributed by atoms with E-state index >= 15 is 0 Å². The SMILES string of the molecule is CC1CCC(NC(=O)COC(=O)c2cc(O)c3ccccc3c2O)CC1. The van der Waals surface area contributed by atoms with Gasteiger partial charge in [0.15, 0.2) is 6.61 Å². The second-order valence-corrected chi connectivity index (χ2v) is 6.94. The first-order valence-corrected chi connectivity index (χ1v) is 8.86. The maximum Gasteiger partial charge on any atom is 0.342 e. The molecule has 1 aliphatic carbocycles. The summed E-state index contributed by atoms with van der Waals surface area (Å²) in [7, 11) is 0. The lowest BCUT2D eigenvalue weighted by Crippen LogP contribution is -2.39. The van der Waals surface area contributed by atoms with Gasteiger partial charge < -0.3 is 20.3 Å². The van der Waals surface area contributed by atoms with Crippen molar-refractivity contribution in [1.82, 2.24) is 5.32 Å². The molecule has 3 rings (SSSR count). The fourth-order valence-corrected chi connectivity index (χ4v) is 3.38. The van der Waals surface area contributed by atoms with Gasteiger partial charge in [-0.25, -0.2) is 4.79 Å². The zero-order valence-electron chi connectivity index (χ0n) is 14.7. The standard InChI is InChI=1S/C20H23NO5/c1-12-6-8-13(9-7-12)21-18(23)11-26-20(25)16-10-17(22)14-4-2-3-5-15(14)19(16)24/h2-5,10,12-13,22,24H,6-9,11H2,1H3,(H,21,23). The van der Waals surface area contributed by atoms with Crippen LogP contribution < -0.4 is 5.32 Å². The van der Waals surface area contributed by atoms with E-state index in [0.29, 0.717) is 16.7 Å². The van der Waals surface area contributed by atoms with Crippen molar-refractivity contribution in [3.63, 3.8) is 0 Å². The number of esters is 1. The van der Waals surface area contributed by atoms with Crippen molar-refractivity contribution in [3.05, 3.63) is 35.9 Å². The molecule has 0 bridgehead atoms. The Morgan fingerprint density at radius 1 is 1.12 bits per heavy atom. The van der Waals surface area contributed by atoms with Crippen molar-refractivity contribution in [2.24, 2.45) is 5.92 Å². The van der Waals surface area contributed by atoms with Crippen molar-refractivity contribution in [3.8, 4) is 11.5 Å². The van der Waals surface area contributed by atoms with Gasteiger partial charge in [-0.3, -0.25) is 4.79 Å². The highest BCUT2D eigenvalue weighted by Crippen LogP contribution is 2.35. The van der Waals surface area contributed by atoms with Gasteiger partial charge in [0, 0.05) is 16.8 Å². The van der Waals surface area contributed by atoms with Gasteiger partial charge in [-0.05, 0) is 37.7 Å². The van der Waals surface area contributed by atoms with Crippen LogP contribution in [0.5, 0.6) is 11.5 Å². The number of hydrogen-bond donors (Lipinski definition) is 3. The average Bonchev–Trinajstić information content (AvgIpc) is 2.64. The quantitative estimate of drug-likeness (QED) is 0.577. The molecule has 0 unspecified atom stereocenters. The van der Waals surface area contributed by atoms with E-state index < -0.39 is 12.6 Å². The number of hydrogen-bond acceptors (Lipinski definition) is 5. The van der Waals surface area contributed by atoms with Crippen LogP contribution >= 0.6 is 0 Å². The molecule has 0 spiro atoms. The molecule has 2 aromatic rings. The minimum Gasteiger partial charge on any atom is -0.507 e. The highest BCUT2D eigenvalue weighted by Gasteiger charge is 2.22. The Labute approximate surface area is 151 Å². The fourth-order valence-electron chi connectivity index (χ4n) is 3.38. The second kappa shape index (κ2) is 7.64. The Bertz CT molecular complexity index is 824. The summed E-state index contributed by atoms with van der Waals surface area (Å²) in [6, 6.07) is 7.91. The summed E-state index contributed by atoms with van der Waals surface area (Å²) in [5.74, 6) is -0.931. The van der Waals surface area contributed by atoms with Crippen LogP contribution in [0.1, 0.15) is 43.0 Å². The van der Waals surface area contributed by atoms with E-state index in [1.165, 1.54) is 0 Å². The van der Waals surface area contributed by atoms with Gasteiger partial charge in [0.25, 0.3) is 5.91 Å². The summed E-state index contributed by atoms with van der Waals surface area (Å²) < 4.78 is 5.02. The van der Waals surface area contributed by atoms with Gasteiger partial charge in [-0.1, -0.05) is 31.2 Å². The molecule has 0 aromatic heterocycles. The van der Waals surface area contributed by atoms with Crippen LogP contribution in [0.25, 0.3) is 10.8 Å². The molecule has 1 aliphatic rings. The number of carbonyl (C=O) groups excluding carboxylic acids is 2. The number of amides is 1. The third-order valence-electron chi connectivity index (χ3n) is 4.93. The van der Waals surface area contributed by atoms with Crippen LogP contribution in [0.3, 0.4) is 0 Å². The van der Waals surface area contributed by atoms with Crippen LogP contribution in [-0.4, -0.2) is 34.7 Å². The summed E-state index contributed by atoms with van der Waals surface area (Å²) in [6.45, 7) is 1.78. The van der Waals surface area contributed by atoms with Crippen molar-refractivity contribution in [1.29, 1.82) is 0 Å². The summed E-state index contributed by atoms with van der Waals surface area (Å²) in [5.41, 5.74) is -0.166. The van der Waals surface area contributed by atoms with E-state index in [4.69, 9.17) is 4.74 Å². The molecule has 0 atom stereocenters. The summed E-state index contributed by atoms with van der Waals surface area (Å²) in [4.78, 5) is 24.2. The highest BCUT2D eigenvalue weighted by molar-refractivity contribution is 6.04. The molecular weight excluding hydrogens is 334 g/mol. The third-order valence-corrected chi connectivity index (χ3v) is 4.93. The first-order chi connectivity index (χ1) is 12.5. The first kappa shape index (κ1) is 18.0. The maximum absolute atomic E-state index is 12.2. The second-order valence-electron chi connectivity index (χ2n) is 6.94. The van der Waals surface area contributed by atoms with Crippen molar-refractivity contribution >= 4 is 22.6 Å². The zero-order chi connectivity index (χ0) is 18.7. The average molecular weight is 357 g/mol. The first-order valence-electron chi connectivity index (χ1n) is 8.86. The van der Waals surface area contributed by atoms with Gasteiger partial charge in [0.1, 0.15) is 17.1 Å². The molecule has 0 heterocycles. The monoisotopic (exact) mass is 357 g/mol. The molecule has 3 N–H and O–H groups in total. The van der Waals surface area contributed by atoms with Gasteiger partial charge in [-0.15, -0.1) is 0 Å². The Kier molecular flexibility index (Phi) is 5.30. The van der Waals surface area contributed by atoms with Crippen LogP contribution in [0, 0.1) is 5.92 Å². The van der Waals surface area contributed by atoms with Gasteiger partial charge in [0.2, 0.25) is 0 Å². The van der Waals surface area contributed by atoms with E-state index in [-0.39, 0.29) is 29.0 Å². The summed E-state index contributed by atoms with van der Waals surface area (Å²) >= 11 is 0. The highest BCUT2D eigenvalue weighted by atomic mass is 16.5. The lowest BCUT2D eigenvalue weighted by atomic mass is 9.87. The number of phenols is 2. The van der Waals surface area contributed by atoms with E-state index in [2.05, 4.69) is 12.2 Å². The zero-order valence-corrected chi connectivity index (χ0v) is 14.7. The summed E-state index contributed by atoms with van der Waals surface area (Å²) in [5, 5.41) is 24.0. The van der Waals surface area contributed by atoms with E-state index in [0.717, 1.165) is 31.7 Å². The molecule has 1 fully saturated rings.